The number of aliphatic hydroxyl groups is 1. The van der Waals surface area contributed by atoms with Gasteiger partial charge in [-0.05, 0) is 6.92 Å². The van der Waals surface area contributed by atoms with Gasteiger partial charge in [0.15, 0.2) is 28.7 Å². The quantitative estimate of drug-likeness (QED) is 0.286. The zero-order chi connectivity index (χ0) is 21.6. The number of rotatable bonds is 5. The second-order valence-electron chi connectivity index (χ2n) is 6.65. The third kappa shape index (κ3) is 3.04. The minimum absolute atomic E-state index is 0.139. The lowest BCUT2D eigenvalue weighted by molar-refractivity contribution is -0.112. The van der Waals surface area contributed by atoms with Gasteiger partial charge in [0.05, 0.1) is 6.33 Å². The fraction of sp³-hybridized carbons (Fsp3) is 0.545. The summed E-state index contributed by atoms with van der Waals surface area (Å²) in [6.07, 6.45) is -3.82. The summed E-state index contributed by atoms with van der Waals surface area (Å²) in [7, 11) is -10.8. The first-order chi connectivity index (χ1) is 13.2. The maximum Gasteiger partial charge on any atom is 0.481 e. The van der Waals surface area contributed by atoms with Gasteiger partial charge >= 0.3 is 15.6 Å². The van der Waals surface area contributed by atoms with Crippen LogP contribution >= 0.6 is 15.6 Å². The third-order valence-electron chi connectivity index (χ3n) is 4.72. The van der Waals surface area contributed by atoms with Crippen LogP contribution in [0, 0.1) is 0 Å². The minimum atomic E-state index is -5.41. The number of halogens is 1. The van der Waals surface area contributed by atoms with E-state index in [9.17, 15) is 23.9 Å². The number of aromatic amines is 1. The standard InChI is InChI=1S/C11H14FN5O10P2/c1-10(12)8(17-2-14-3-6(17)15-9(13)16-7(3)18)25-4-5(11(4,10)19)26-29(23,24)27-28(20,21)22/h2,4-5,8,19H,1H3,(H,23,24)(H2,20,21,22)(H3,13,15,16,18)/t4-,5?,8-,10+,11+/m1/s1. The molecule has 0 amide bonds. The average molecular weight is 457 g/mol. The first-order valence-electron chi connectivity index (χ1n) is 7.74. The molecule has 1 aliphatic carbocycles. The smallest absolute Gasteiger partial charge is 0.381 e. The Kier molecular flexibility index (Phi) is 4.18. The highest BCUT2D eigenvalue weighted by atomic mass is 31.3. The minimum Gasteiger partial charge on any atom is -0.381 e. The van der Waals surface area contributed by atoms with E-state index in [4.69, 9.17) is 20.3 Å². The lowest BCUT2D eigenvalue weighted by Crippen LogP contribution is -2.45. The van der Waals surface area contributed by atoms with Gasteiger partial charge in [-0.3, -0.25) is 18.9 Å². The molecule has 29 heavy (non-hydrogen) atoms. The first-order valence-corrected chi connectivity index (χ1v) is 10.8. The fourth-order valence-electron chi connectivity index (χ4n) is 3.38. The van der Waals surface area contributed by atoms with Gasteiger partial charge in [-0.1, -0.05) is 0 Å². The Hall–Kier alpha value is -1.74. The number of nitrogen functional groups attached to an aromatic ring is 1. The summed E-state index contributed by atoms with van der Waals surface area (Å²) in [4.78, 5) is 48.4. The van der Waals surface area contributed by atoms with Crippen LogP contribution in [0.5, 0.6) is 0 Å². The number of ether oxygens (including phenoxy) is 1. The highest BCUT2D eigenvalue weighted by Gasteiger charge is 2.85. The van der Waals surface area contributed by atoms with Crippen molar-refractivity contribution in [3.05, 3.63) is 16.7 Å². The average Bonchev–Trinajstić information content (AvgIpc) is 2.84. The van der Waals surface area contributed by atoms with Crippen LogP contribution in [0.4, 0.5) is 10.3 Å². The number of H-pyrrole nitrogens is 1. The van der Waals surface area contributed by atoms with Crippen molar-refractivity contribution in [2.45, 2.75) is 36.6 Å². The van der Waals surface area contributed by atoms with Gasteiger partial charge in [0.25, 0.3) is 5.56 Å². The topological polar surface area (TPSA) is 232 Å². The van der Waals surface area contributed by atoms with Crippen molar-refractivity contribution >= 4 is 32.8 Å². The number of nitrogens with zero attached hydrogens (tertiary/aromatic N) is 3. The molecule has 0 bridgehead atoms. The Labute approximate surface area is 159 Å². The van der Waals surface area contributed by atoms with Gasteiger partial charge in [0, 0.05) is 0 Å². The van der Waals surface area contributed by atoms with Crippen LogP contribution in [0.15, 0.2) is 11.1 Å². The number of nitrogens with one attached hydrogen (secondary N) is 1. The van der Waals surface area contributed by atoms with Gasteiger partial charge in [0.2, 0.25) is 5.95 Å². The Morgan fingerprint density at radius 3 is 2.62 bits per heavy atom. The molecule has 4 rings (SSSR count). The predicted molar refractivity (Wildman–Crippen MR) is 88.8 cm³/mol. The lowest BCUT2D eigenvalue weighted by atomic mass is 9.97. The normalized spacial score (nSPS) is 36.1. The number of alkyl halides is 1. The van der Waals surface area contributed by atoms with Gasteiger partial charge in [-0.15, -0.1) is 0 Å². The summed E-state index contributed by atoms with van der Waals surface area (Å²) in [5.74, 6) is -0.274. The molecule has 2 unspecified atom stereocenters. The number of imidazole rings is 1. The van der Waals surface area contributed by atoms with Gasteiger partial charge < -0.3 is 30.3 Å². The molecular formula is C11H14FN5O10P2. The van der Waals surface area contributed by atoms with Crippen molar-refractivity contribution in [1.82, 2.24) is 19.5 Å². The van der Waals surface area contributed by atoms with Crippen LogP contribution in [0.25, 0.3) is 11.2 Å². The molecule has 2 fully saturated rings. The van der Waals surface area contributed by atoms with Crippen LogP contribution < -0.4 is 11.3 Å². The number of phosphoric ester groups is 1. The van der Waals surface area contributed by atoms with E-state index in [0.29, 0.717) is 0 Å². The molecule has 1 aliphatic heterocycles. The van der Waals surface area contributed by atoms with Crippen molar-refractivity contribution in [2.75, 3.05) is 5.73 Å². The molecule has 0 aromatic carbocycles. The van der Waals surface area contributed by atoms with Gasteiger partial charge in [-0.25, -0.2) is 18.5 Å². The lowest BCUT2D eigenvalue weighted by Gasteiger charge is -2.30. The highest BCUT2D eigenvalue weighted by molar-refractivity contribution is 7.60. The Morgan fingerprint density at radius 1 is 1.41 bits per heavy atom. The summed E-state index contributed by atoms with van der Waals surface area (Å²) in [5, 5.41) is 10.6. The Bertz CT molecular complexity index is 1160. The SMILES string of the molecule is C[C@]1(F)[C@H](n2cnc3c(=O)[nH]c(N)nc32)O[C@@H]2C(OP(=O)(O)OP(=O)(O)O)[C@@]21O. The zero-order valence-electron chi connectivity index (χ0n) is 14.2. The summed E-state index contributed by atoms with van der Waals surface area (Å²) in [6, 6.07) is 0. The fourth-order valence-corrected chi connectivity index (χ4v) is 5.17. The van der Waals surface area contributed by atoms with E-state index in [0.717, 1.165) is 17.8 Å². The largest absolute Gasteiger partial charge is 0.481 e. The molecule has 0 spiro atoms. The summed E-state index contributed by atoms with van der Waals surface area (Å²) >= 11 is 0. The molecule has 2 aromatic rings. The number of hydrogen-bond acceptors (Lipinski definition) is 10. The molecule has 2 aliphatic rings. The van der Waals surface area contributed by atoms with Crippen molar-refractivity contribution < 1.29 is 46.9 Å². The zero-order valence-corrected chi connectivity index (χ0v) is 16.0. The molecule has 15 nitrogen and oxygen atoms in total. The third-order valence-corrected chi connectivity index (χ3v) is 6.89. The molecule has 1 saturated carbocycles. The monoisotopic (exact) mass is 457 g/mol. The molecule has 7 N–H and O–H groups in total. The molecule has 18 heteroatoms. The molecule has 6 atom stereocenters. The van der Waals surface area contributed by atoms with E-state index in [1.54, 1.807) is 0 Å². The van der Waals surface area contributed by atoms with Crippen LogP contribution in [0.1, 0.15) is 13.2 Å². The van der Waals surface area contributed by atoms with E-state index >= 15 is 4.39 Å². The van der Waals surface area contributed by atoms with Crippen molar-refractivity contribution in [1.29, 1.82) is 0 Å². The second-order valence-corrected chi connectivity index (χ2v) is 9.43. The second kappa shape index (κ2) is 5.91. The molecule has 3 heterocycles. The maximum atomic E-state index is 15.5. The summed E-state index contributed by atoms with van der Waals surface area (Å²) in [6.45, 7) is 0.898. The van der Waals surface area contributed by atoms with Crippen LogP contribution in [-0.2, 0) is 22.7 Å². The van der Waals surface area contributed by atoms with Crippen LogP contribution in [0.2, 0.25) is 0 Å². The molecule has 0 radical (unpaired) electrons. The van der Waals surface area contributed by atoms with Crippen LogP contribution in [-0.4, -0.2) is 62.8 Å². The van der Waals surface area contributed by atoms with Gasteiger partial charge in [-0.2, -0.15) is 9.29 Å². The highest BCUT2D eigenvalue weighted by Crippen LogP contribution is 2.68. The van der Waals surface area contributed by atoms with E-state index in [1.165, 1.54) is 0 Å². The van der Waals surface area contributed by atoms with Crippen LogP contribution in [0.3, 0.4) is 0 Å². The van der Waals surface area contributed by atoms with Gasteiger partial charge in [0.1, 0.15) is 12.2 Å². The molecular weight excluding hydrogens is 443 g/mol. The molecule has 160 valence electrons. The van der Waals surface area contributed by atoms with Crippen molar-refractivity contribution in [2.24, 2.45) is 0 Å². The number of aromatic nitrogens is 4. The van der Waals surface area contributed by atoms with E-state index in [-0.39, 0.29) is 17.1 Å². The number of fused-ring (bicyclic) bond motifs is 2. The van der Waals surface area contributed by atoms with E-state index in [2.05, 4.69) is 23.8 Å². The maximum absolute atomic E-state index is 15.5. The Balaban J connectivity index is 1.63. The first kappa shape index (κ1) is 20.5. The summed E-state index contributed by atoms with van der Waals surface area (Å²) in [5.41, 5.74) is -0.683. The van der Waals surface area contributed by atoms with Crippen molar-refractivity contribution in [3.63, 3.8) is 0 Å². The van der Waals surface area contributed by atoms with E-state index in [1.807, 2.05) is 0 Å². The predicted octanol–water partition coefficient (Wildman–Crippen LogP) is -1.33. The molecule has 1 saturated heterocycles. The van der Waals surface area contributed by atoms with E-state index < -0.39 is 50.9 Å². The van der Waals surface area contributed by atoms with Crippen molar-refractivity contribution in [3.8, 4) is 0 Å². The number of hydrogen-bond donors (Lipinski definition) is 6. The molecule has 2 aromatic heterocycles. The Morgan fingerprint density at radius 2 is 2.07 bits per heavy atom. The summed E-state index contributed by atoms with van der Waals surface area (Å²) < 4.78 is 52.4. The number of nitrogens with two attached hydrogens (primary N) is 1. The number of phosphoric acid groups is 2. The number of anilines is 1.